The van der Waals surface area contributed by atoms with Crippen LogP contribution >= 0.6 is 0 Å². The van der Waals surface area contributed by atoms with Crippen LogP contribution in [0.1, 0.15) is 18.4 Å². The molecule has 5 heteroatoms. The highest BCUT2D eigenvalue weighted by molar-refractivity contribution is 6.34. The third-order valence-electron chi connectivity index (χ3n) is 3.27. The summed E-state index contributed by atoms with van der Waals surface area (Å²) in [6.45, 7) is 0.00343. The summed E-state index contributed by atoms with van der Waals surface area (Å²) in [7, 11) is 0. The number of primary amides is 1. The van der Waals surface area contributed by atoms with Gasteiger partial charge in [-0.05, 0) is 24.3 Å². The molecular formula is C13H16N2O3. The molecule has 96 valence electrons. The molecule has 1 fully saturated rings. The molecule has 4 N–H and O–H groups in total. The second-order valence-corrected chi connectivity index (χ2v) is 4.61. The lowest BCUT2D eigenvalue weighted by atomic mass is 9.88. The van der Waals surface area contributed by atoms with Crippen molar-refractivity contribution in [2.24, 2.45) is 11.7 Å². The van der Waals surface area contributed by atoms with Gasteiger partial charge in [0.2, 0.25) is 0 Å². The van der Waals surface area contributed by atoms with E-state index in [1.165, 1.54) is 0 Å². The molecule has 1 atom stereocenters. The van der Waals surface area contributed by atoms with Gasteiger partial charge in [0, 0.05) is 0 Å². The Kier molecular flexibility index (Phi) is 3.34. The molecule has 0 aliphatic heterocycles. The Hall–Kier alpha value is -1.88. The zero-order valence-electron chi connectivity index (χ0n) is 9.93. The Labute approximate surface area is 105 Å². The molecule has 1 aromatic rings. The molecule has 1 aliphatic rings. The summed E-state index contributed by atoms with van der Waals surface area (Å²) in [4.78, 5) is 21.8. The number of nitrogens with one attached hydrogen (secondary N) is 1. The van der Waals surface area contributed by atoms with E-state index in [-0.39, 0.29) is 12.5 Å². The Morgan fingerprint density at radius 2 is 1.94 bits per heavy atom. The third-order valence-corrected chi connectivity index (χ3v) is 3.27. The number of aliphatic hydroxyl groups is 1. The standard InChI is InChI=1S/C13H16N2O3/c14-11(16)12(17)15-8-13(18,10-6-7-10)9-4-2-1-3-5-9/h1-5,10,18H,6-8H2,(H2,14,16)(H,15,17). The number of carbonyl (C=O) groups excluding carboxylic acids is 2. The van der Waals surface area contributed by atoms with Gasteiger partial charge in [-0.3, -0.25) is 9.59 Å². The number of hydrogen-bond donors (Lipinski definition) is 3. The first kappa shape index (κ1) is 12.6. The van der Waals surface area contributed by atoms with Crippen LogP contribution in [0.15, 0.2) is 30.3 Å². The molecule has 2 amide bonds. The molecule has 0 bridgehead atoms. The zero-order valence-corrected chi connectivity index (χ0v) is 9.93. The number of hydrogen-bond acceptors (Lipinski definition) is 3. The predicted octanol–water partition coefficient (Wildman–Crippen LogP) is -0.114. The summed E-state index contributed by atoms with van der Waals surface area (Å²) in [6, 6.07) is 9.15. The molecule has 1 aliphatic carbocycles. The van der Waals surface area contributed by atoms with Crippen molar-refractivity contribution in [1.29, 1.82) is 0 Å². The van der Waals surface area contributed by atoms with Crippen molar-refractivity contribution < 1.29 is 14.7 Å². The van der Waals surface area contributed by atoms with Crippen LogP contribution in [0, 0.1) is 5.92 Å². The molecule has 0 aromatic heterocycles. The highest BCUT2D eigenvalue weighted by Crippen LogP contribution is 2.45. The van der Waals surface area contributed by atoms with Gasteiger partial charge in [-0.25, -0.2) is 0 Å². The second kappa shape index (κ2) is 4.78. The van der Waals surface area contributed by atoms with Gasteiger partial charge >= 0.3 is 11.8 Å². The first-order valence-corrected chi connectivity index (χ1v) is 5.89. The molecule has 1 saturated carbocycles. The number of carbonyl (C=O) groups is 2. The number of benzene rings is 1. The topological polar surface area (TPSA) is 92.4 Å². The van der Waals surface area contributed by atoms with Gasteiger partial charge in [0.1, 0.15) is 5.60 Å². The van der Waals surface area contributed by atoms with Gasteiger partial charge in [-0.15, -0.1) is 0 Å². The van der Waals surface area contributed by atoms with Crippen molar-refractivity contribution in [2.75, 3.05) is 6.54 Å². The Morgan fingerprint density at radius 1 is 1.33 bits per heavy atom. The Bertz CT molecular complexity index is 457. The molecule has 18 heavy (non-hydrogen) atoms. The van der Waals surface area contributed by atoms with Gasteiger partial charge in [0.05, 0.1) is 6.54 Å². The normalized spacial score (nSPS) is 17.8. The van der Waals surface area contributed by atoms with Crippen LogP contribution in [-0.2, 0) is 15.2 Å². The average Bonchev–Trinajstić information content (AvgIpc) is 3.21. The predicted molar refractivity (Wildman–Crippen MR) is 65.3 cm³/mol. The minimum atomic E-state index is -1.12. The summed E-state index contributed by atoms with van der Waals surface area (Å²) in [5.41, 5.74) is 4.49. The van der Waals surface area contributed by atoms with Crippen molar-refractivity contribution in [3.63, 3.8) is 0 Å². The minimum absolute atomic E-state index is 0.00343. The maximum atomic E-state index is 11.2. The van der Waals surface area contributed by atoms with Gasteiger partial charge in [0.15, 0.2) is 0 Å². The second-order valence-electron chi connectivity index (χ2n) is 4.61. The van der Waals surface area contributed by atoms with Crippen LogP contribution < -0.4 is 11.1 Å². The van der Waals surface area contributed by atoms with E-state index in [9.17, 15) is 14.7 Å². The highest BCUT2D eigenvalue weighted by atomic mass is 16.3. The van der Waals surface area contributed by atoms with E-state index < -0.39 is 17.4 Å². The average molecular weight is 248 g/mol. The van der Waals surface area contributed by atoms with Crippen molar-refractivity contribution in [3.05, 3.63) is 35.9 Å². The maximum Gasteiger partial charge on any atom is 0.309 e. The lowest BCUT2D eigenvalue weighted by molar-refractivity contribution is -0.138. The smallest absolute Gasteiger partial charge is 0.309 e. The highest BCUT2D eigenvalue weighted by Gasteiger charge is 2.45. The summed E-state index contributed by atoms with van der Waals surface area (Å²) < 4.78 is 0. The van der Waals surface area contributed by atoms with E-state index in [2.05, 4.69) is 5.32 Å². The van der Waals surface area contributed by atoms with E-state index in [0.29, 0.717) is 0 Å². The van der Waals surface area contributed by atoms with Crippen LogP contribution in [0.5, 0.6) is 0 Å². The van der Waals surface area contributed by atoms with Crippen molar-refractivity contribution in [1.82, 2.24) is 5.32 Å². The van der Waals surface area contributed by atoms with E-state index >= 15 is 0 Å². The number of amides is 2. The van der Waals surface area contributed by atoms with Crippen molar-refractivity contribution >= 4 is 11.8 Å². The van der Waals surface area contributed by atoms with Gasteiger partial charge in [-0.1, -0.05) is 30.3 Å². The maximum absolute atomic E-state index is 11.2. The summed E-state index contributed by atoms with van der Waals surface area (Å²) >= 11 is 0. The minimum Gasteiger partial charge on any atom is -0.383 e. The molecule has 5 nitrogen and oxygen atoms in total. The van der Waals surface area contributed by atoms with E-state index in [4.69, 9.17) is 5.73 Å². The molecule has 0 saturated heterocycles. The molecule has 2 rings (SSSR count). The summed E-state index contributed by atoms with van der Waals surface area (Å²) in [6.07, 6.45) is 1.83. The number of nitrogens with two attached hydrogens (primary N) is 1. The van der Waals surface area contributed by atoms with Crippen molar-refractivity contribution in [3.8, 4) is 0 Å². The fourth-order valence-electron chi connectivity index (χ4n) is 2.07. The van der Waals surface area contributed by atoms with Crippen LogP contribution in [0.2, 0.25) is 0 Å². The quantitative estimate of drug-likeness (QED) is 0.649. The van der Waals surface area contributed by atoms with Gasteiger partial charge in [0.25, 0.3) is 0 Å². The molecule has 0 radical (unpaired) electrons. The molecule has 0 spiro atoms. The summed E-state index contributed by atoms with van der Waals surface area (Å²) in [5, 5.41) is 13.1. The fourth-order valence-corrected chi connectivity index (χ4v) is 2.07. The molecule has 1 aromatic carbocycles. The first-order valence-electron chi connectivity index (χ1n) is 5.89. The van der Waals surface area contributed by atoms with Gasteiger partial charge in [-0.2, -0.15) is 0 Å². The Balaban J connectivity index is 2.13. The Morgan fingerprint density at radius 3 is 2.44 bits per heavy atom. The lowest BCUT2D eigenvalue weighted by Gasteiger charge is -2.28. The fraction of sp³-hybridized carbons (Fsp3) is 0.385. The van der Waals surface area contributed by atoms with Crippen LogP contribution in [-0.4, -0.2) is 23.5 Å². The van der Waals surface area contributed by atoms with E-state index in [1.54, 1.807) is 0 Å². The van der Waals surface area contributed by atoms with Crippen molar-refractivity contribution in [2.45, 2.75) is 18.4 Å². The van der Waals surface area contributed by atoms with Crippen LogP contribution in [0.3, 0.4) is 0 Å². The largest absolute Gasteiger partial charge is 0.383 e. The molecular weight excluding hydrogens is 232 g/mol. The molecule has 1 unspecified atom stereocenters. The number of rotatable bonds is 4. The molecule has 0 heterocycles. The van der Waals surface area contributed by atoms with Gasteiger partial charge < -0.3 is 16.2 Å². The zero-order chi connectivity index (χ0) is 13.2. The van der Waals surface area contributed by atoms with Crippen LogP contribution in [0.25, 0.3) is 0 Å². The first-order chi connectivity index (χ1) is 8.54. The SMILES string of the molecule is NC(=O)C(=O)NCC(O)(c1ccccc1)C1CC1. The third kappa shape index (κ3) is 2.51. The monoisotopic (exact) mass is 248 g/mol. The van der Waals surface area contributed by atoms with E-state index in [1.807, 2.05) is 30.3 Å². The lowest BCUT2D eigenvalue weighted by Crippen LogP contribution is -2.46. The van der Waals surface area contributed by atoms with Crippen LogP contribution in [0.4, 0.5) is 0 Å². The summed E-state index contributed by atoms with van der Waals surface area (Å²) in [5.74, 6) is -1.79. The van der Waals surface area contributed by atoms with E-state index in [0.717, 1.165) is 18.4 Å².